The molecule has 0 fully saturated rings. The number of rotatable bonds is 3. The molecular weight excluding hydrogens is 270 g/mol. The lowest BCUT2D eigenvalue weighted by Crippen LogP contribution is -2.32. The van der Waals surface area contributed by atoms with E-state index < -0.39 is 22.7 Å². The third kappa shape index (κ3) is 2.55. The maximum atomic E-state index is 11.1. The molecule has 0 amide bonds. The van der Waals surface area contributed by atoms with Crippen molar-refractivity contribution in [1.29, 1.82) is 0 Å². The van der Waals surface area contributed by atoms with Crippen molar-refractivity contribution in [3.8, 4) is 0 Å². The Morgan fingerprint density at radius 1 is 1.53 bits per heavy atom. The van der Waals surface area contributed by atoms with Crippen molar-refractivity contribution < 1.29 is 19.0 Å². The van der Waals surface area contributed by atoms with Crippen molar-refractivity contribution in [2.24, 2.45) is 10.3 Å². The molecule has 4 N–H and O–H groups in total. The van der Waals surface area contributed by atoms with Crippen LogP contribution in [0.5, 0.6) is 0 Å². The monoisotopic (exact) mass is 285 g/mol. The highest BCUT2D eigenvalue weighted by Gasteiger charge is 2.32. The predicted molar refractivity (Wildman–Crippen MR) is 72.6 cm³/mol. The van der Waals surface area contributed by atoms with Crippen LogP contribution < -0.4 is 5.32 Å². The highest BCUT2D eigenvalue weighted by Crippen LogP contribution is 2.55. The molecule has 0 radical (unpaired) electrons. The highest BCUT2D eigenvalue weighted by atomic mass is 32.3. The molecule has 0 aliphatic carbocycles. The summed E-state index contributed by atoms with van der Waals surface area (Å²) in [6, 6.07) is 1.58. The molecule has 1 aromatic heterocycles. The number of hydrogen-bond donors (Lipinski definition) is 4. The number of aryl methyl sites for hydroxylation is 1. The van der Waals surface area contributed by atoms with Gasteiger partial charge in [-0.15, -0.1) is 4.40 Å². The third-order valence-electron chi connectivity index (χ3n) is 2.79. The smallest absolute Gasteiger partial charge is 0.314 e. The van der Waals surface area contributed by atoms with Gasteiger partial charge in [0.1, 0.15) is 16.6 Å². The number of aromatic nitrogens is 1. The van der Waals surface area contributed by atoms with E-state index in [2.05, 4.69) is 14.7 Å². The molecule has 0 saturated carbocycles. The number of nitrogens with zero attached hydrogens (tertiary/aromatic N) is 2. The van der Waals surface area contributed by atoms with Crippen molar-refractivity contribution in [3.63, 3.8) is 0 Å². The summed E-state index contributed by atoms with van der Waals surface area (Å²) in [4.78, 5) is 15.4. The zero-order chi connectivity index (χ0) is 14.2. The molecule has 0 spiro atoms. The Morgan fingerprint density at radius 3 is 2.79 bits per heavy atom. The maximum absolute atomic E-state index is 11.1. The summed E-state index contributed by atoms with van der Waals surface area (Å²) in [7, 11) is -3.40. The lowest BCUT2D eigenvalue weighted by molar-refractivity contribution is -0.139. The fourth-order valence-electron chi connectivity index (χ4n) is 1.81. The fraction of sp³-hybridized carbons (Fsp3) is 0.364. The molecule has 1 unspecified atom stereocenters. The number of nitrogens with one attached hydrogen (secondary N) is 1. The number of anilines is 1. The molecule has 0 bridgehead atoms. The molecule has 1 atom stereocenters. The first-order valence-electron chi connectivity index (χ1n) is 5.69. The Morgan fingerprint density at radius 2 is 2.21 bits per heavy atom. The summed E-state index contributed by atoms with van der Waals surface area (Å²) in [6.45, 7) is 3.46. The number of hydrogen-bond acceptors (Lipinski definition) is 6. The van der Waals surface area contributed by atoms with E-state index in [1.807, 2.05) is 0 Å². The molecule has 0 aromatic carbocycles. The Hall–Kier alpha value is -1.64. The van der Waals surface area contributed by atoms with Crippen LogP contribution in [-0.4, -0.2) is 31.0 Å². The minimum Gasteiger partial charge on any atom is -0.481 e. The van der Waals surface area contributed by atoms with Gasteiger partial charge >= 0.3 is 5.97 Å². The number of fused-ring (bicyclic) bond motifs is 1. The minimum atomic E-state index is -3.40. The molecule has 0 saturated heterocycles. The molecule has 2 heterocycles. The number of carbonyl (C=O) groups is 1. The second-order valence-electron chi connectivity index (χ2n) is 4.28. The first-order valence-corrected chi connectivity index (χ1v) is 7.20. The predicted octanol–water partition coefficient (Wildman–Crippen LogP) is 2.35. The lowest BCUT2D eigenvalue weighted by Gasteiger charge is -2.34. The van der Waals surface area contributed by atoms with Crippen molar-refractivity contribution in [1.82, 2.24) is 4.98 Å². The molecule has 8 heteroatoms. The topological polar surface area (TPSA) is 115 Å². The molecule has 1 aliphatic heterocycles. The summed E-state index contributed by atoms with van der Waals surface area (Å²) in [5.41, 5.74) is 0.768. The Bertz CT molecular complexity index is 559. The van der Waals surface area contributed by atoms with Crippen LogP contribution in [0.2, 0.25) is 0 Å². The molecule has 7 nitrogen and oxygen atoms in total. The second-order valence-corrected chi connectivity index (χ2v) is 5.94. The first kappa shape index (κ1) is 13.8. The van der Waals surface area contributed by atoms with Gasteiger partial charge in [0.2, 0.25) is 0 Å². The molecule has 104 valence electrons. The van der Waals surface area contributed by atoms with Gasteiger partial charge in [-0.25, -0.2) is 4.98 Å². The van der Waals surface area contributed by atoms with E-state index in [0.29, 0.717) is 0 Å². The number of carboxylic acids is 1. The van der Waals surface area contributed by atoms with E-state index >= 15 is 0 Å². The van der Waals surface area contributed by atoms with E-state index in [4.69, 9.17) is 5.11 Å². The van der Waals surface area contributed by atoms with Crippen molar-refractivity contribution >= 4 is 28.4 Å². The van der Waals surface area contributed by atoms with Gasteiger partial charge in [-0.1, -0.05) is 17.7 Å². The van der Waals surface area contributed by atoms with E-state index in [9.17, 15) is 13.9 Å². The van der Waals surface area contributed by atoms with Crippen molar-refractivity contribution in [2.45, 2.75) is 25.2 Å². The van der Waals surface area contributed by atoms with Crippen LogP contribution in [0, 0.1) is 12.8 Å². The number of amidine groups is 1. The minimum absolute atomic E-state index is 0.0267. The molecular formula is C11H15N3O4S. The lowest BCUT2D eigenvalue weighted by atomic mass is 10.1. The van der Waals surface area contributed by atoms with Gasteiger partial charge in [-0.05, 0) is 25.0 Å². The molecule has 1 aliphatic rings. The Kier molecular flexibility index (Phi) is 3.48. The summed E-state index contributed by atoms with van der Waals surface area (Å²) >= 11 is 0. The van der Waals surface area contributed by atoms with Gasteiger partial charge in [0.05, 0.1) is 0 Å². The van der Waals surface area contributed by atoms with Crippen LogP contribution in [0.1, 0.15) is 18.9 Å². The molecule has 1 aromatic rings. The van der Waals surface area contributed by atoms with Gasteiger partial charge in [0, 0.05) is 6.20 Å². The summed E-state index contributed by atoms with van der Waals surface area (Å²) in [5, 5.41) is 11.9. The van der Waals surface area contributed by atoms with Gasteiger partial charge < -0.3 is 10.4 Å². The summed E-state index contributed by atoms with van der Waals surface area (Å²) in [6.07, 6.45) is 1.85. The standard InChI is InChI=1S/C11H15N3O4S/c1-3-7(11(15)16)9-13-10-8(19(17,18)14-9)4-6(2)5-12-10/h4-5,7,17-18H,3H2,1-2H3,(H,15,16)(H,12,13,14). The first-order chi connectivity index (χ1) is 8.85. The largest absolute Gasteiger partial charge is 0.481 e. The molecule has 2 rings (SSSR count). The summed E-state index contributed by atoms with van der Waals surface area (Å²) < 4.78 is 23.8. The van der Waals surface area contributed by atoms with Crippen LogP contribution in [0.4, 0.5) is 5.82 Å². The van der Waals surface area contributed by atoms with Gasteiger partial charge in [0.15, 0.2) is 5.82 Å². The second kappa shape index (κ2) is 4.80. The van der Waals surface area contributed by atoms with E-state index in [0.717, 1.165) is 5.56 Å². The van der Waals surface area contributed by atoms with Crippen molar-refractivity contribution in [2.75, 3.05) is 5.32 Å². The Balaban J connectivity index is 2.47. The molecule has 19 heavy (non-hydrogen) atoms. The zero-order valence-electron chi connectivity index (χ0n) is 10.5. The van der Waals surface area contributed by atoms with Crippen molar-refractivity contribution in [3.05, 3.63) is 17.8 Å². The summed E-state index contributed by atoms with van der Waals surface area (Å²) in [5.74, 6) is -1.71. The van der Waals surface area contributed by atoms with Crippen LogP contribution >= 0.6 is 10.8 Å². The van der Waals surface area contributed by atoms with Gasteiger partial charge in [-0.3, -0.25) is 13.9 Å². The van der Waals surface area contributed by atoms with E-state index in [-0.39, 0.29) is 23.0 Å². The Labute approximate surface area is 111 Å². The van der Waals surface area contributed by atoms with Gasteiger partial charge in [-0.2, -0.15) is 0 Å². The average Bonchev–Trinajstić information content (AvgIpc) is 2.30. The normalized spacial score (nSPS) is 19.7. The van der Waals surface area contributed by atoms with Crippen LogP contribution in [0.15, 0.2) is 21.6 Å². The number of aliphatic carboxylic acids is 1. The SMILES string of the molecule is CCC(C(=O)O)C1=NS(O)(O)c2cc(C)cnc2N1. The number of carboxylic acid groups (broad SMARTS) is 1. The maximum Gasteiger partial charge on any atom is 0.314 e. The van der Waals surface area contributed by atoms with Crippen LogP contribution in [0.3, 0.4) is 0 Å². The van der Waals surface area contributed by atoms with Crippen LogP contribution in [0.25, 0.3) is 0 Å². The van der Waals surface area contributed by atoms with Gasteiger partial charge in [0.25, 0.3) is 0 Å². The average molecular weight is 285 g/mol. The quantitative estimate of drug-likeness (QED) is 0.677. The highest BCUT2D eigenvalue weighted by molar-refractivity contribution is 8.23. The number of pyridine rings is 1. The third-order valence-corrected chi connectivity index (χ3v) is 4.15. The fourth-order valence-corrected chi connectivity index (χ4v) is 3.06. The zero-order valence-corrected chi connectivity index (χ0v) is 11.3. The van der Waals surface area contributed by atoms with E-state index in [1.165, 1.54) is 0 Å². The van der Waals surface area contributed by atoms with Crippen LogP contribution in [-0.2, 0) is 4.79 Å². The van der Waals surface area contributed by atoms with E-state index in [1.54, 1.807) is 26.1 Å².